The molecule has 0 bridgehead atoms. The number of pyridine rings is 1. The van der Waals surface area contributed by atoms with Crippen LogP contribution in [0.15, 0.2) is 73.1 Å². The van der Waals surface area contributed by atoms with Crippen LogP contribution in [0, 0.1) is 0 Å². The molecular weight excluding hydrogens is 510 g/mol. The zero-order chi connectivity index (χ0) is 28.3. The van der Waals surface area contributed by atoms with E-state index in [0.717, 1.165) is 24.3 Å². The van der Waals surface area contributed by atoms with Crippen molar-refractivity contribution in [1.82, 2.24) is 9.88 Å². The molecule has 40 heavy (non-hydrogen) atoms. The maximum absolute atomic E-state index is 13.8. The Labute approximate surface area is 232 Å². The van der Waals surface area contributed by atoms with Crippen LogP contribution in [0.2, 0.25) is 0 Å². The molecule has 3 heterocycles. The van der Waals surface area contributed by atoms with Gasteiger partial charge in [-0.2, -0.15) is 0 Å². The molecule has 5 rings (SSSR count). The summed E-state index contributed by atoms with van der Waals surface area (Å²) in [7, 11) is 0. The van der Waals surface area contributed by atoms with Crippen molar-refractivity contribution < 1.29 is 23.9 Å². The molecule has 0 spiro atoms. The third kappa shape index (κ3) is 5.43. The molecule has 1 aromatic heterocycles. The van der Waals surface area contributed by atoms with Gasteiger partial charge in [-0.1, -0.05) is 18.2 Å². The standard InChI is InChI=1S/C30H31N5O5/c1-30(2,29(39)32-22-9-11-23(12-10-22)33-14-16-40-17-15-33)35(19-21-6-5-13-31-18-21)26(36)20-34-25-8-4-3-7-24(25)27(37)28(34)38/h3-13,18H,14-17,19-20H2,1-2H3,(H,32,39). The summed E-state index contributed by atoms with van der Waals surface area (Å²) in [6.45, 7) is 5.98. The average Bonchev–Trinajstić information content (AvgIpc) is 3.22. The number of aromatic nitrogens is 1. The first kappa shape index (κ1) is 27.0. The van der Waals surface area contributed by atoms with Crippen LogP contribution in [0.1, 0.15) is 29.8 Å². The largest absolute Gasteiger partial charge is 0.378 e. The van der Waals surface area contributed by atoms with Crippen molar-refractivity contribution >= 4 is 40.6 Å². The number of fused-ring (bicyclic) bond motifs is 1. The van der Waals surface area contributed by atoms with Gasteiger partial charge in [0, 0.05) is 43.4 Å². The number of anilines is 3. The van der Waals surface area contributed by atoms with Crippen molar-refractivity contribution in [3.05, 3.63) is 84.2 Å². The average molecular weight is 542 g/mol. The molecular formula is C30H31N5O5. The molecule has 3 aromatic rings. The Hall–Kier alpha value is -4.57. The van der Waals surface area contributed by atoms with Crippen molar-refractivity contribution in [1.29, 1.82) is 0 Å². The van der Waals surface area contributed by atoms with Gasteiger partial charge < -0.3 is 19.9 Å². The fraction of sp³-hybridized carbons (Fsp3) is 0.300. The second kappa shape index (κ2) is 11.3. The second-order valence-corrected chi connectivity index (χ2v) is 10.2. The number of Topliss-reactive ketones (excluding diaryl/α,β-unsaturated/α-hetero) is 1. The SMILES string of the molecule is CC(C)(C(=O)Nc1ccc(N2CCOCC2)cc1)N(Cc1cccnc1)C(=O)CN1C(=O)C(=O)c2ccccc21. The third-order valence-electron chi connectivity index (χ3n) is 7.27. The summed E-state index contributed by atoms with van der Waals surface area (Å²) in [4.78, 5) is 61.6. The number of para-hydroxylation sites is 1. The predicted molar refractivity (Wildman–Crippen MR) is 150 cm³/mol. The van der Waals surface area contributed by atoms with E-state index >= 15 is 0 Å². The molecule has 1 saturated heterocycles. The number of nitrogens with one attached hydrogen (secondary N) is 1. The van der Waals surface area contributed by atoms with Crippen LogP contribution in [0.4, 0.5) is 17.1 Å². The molecule has 206 valence electrons. The van der Waals surface area contributed by atoms with Gasteiger partial charge in [-0.15, -0.1) is 0 Å². The molecule has 0 radical (unpaired) electrons. The first-order valence-electron chi connectivity index (χ1n) is 13.1. The Morgan fingerprint density at radius 2 is 1.73 bits per heavy atom. The minimum Gasteiger partial charge on any atom is -0.378 e. The van der Waals surface area contributed by atoms with Gasteiger partial charge in [0.2, 0.25) is 11.8 Å². The number of morpholine rings is 1. The smallest absolute Gasteiger partial charge is 0.299 e. The highest BCUT2D eigenvalue weighted by Crippen LogP contribution is 2.30. The number of amides is 3. The lowest BCUT2D eigenvalue weighted by Crippen LogP contribution is -2.57. The van der Waals surface area contributed by atoms with Crippen LogP contribution in [-0.4, -0.2) is 71.8 Å². The summed E-state index contributed by atoms with van der Waals surface area (Å²) in [5, 5.41) is 2.93. The fourth-order valence-electron chi connectivity index (χ4n) is 4.88. The van der Waals surface area contributed by atoms with Crippen molar-refractivity contribution in [3.63, 3.8) is 0 Å². The zero-order valence-corrected chi connectivity index (χ0v) is 22.5. The Balaban J connectivity index is 1.36. The maximum Gasteiger partial charge on any atom is 0.299 e. The number of benzene rings is 2. The number of ketones is 1. The Morgan fingerprint density at radius 3 is 2.42 bits per heavy atom. The maximum atomic E-state index is 13.8. The lowest BCUT2D eigenvalue weighted by Gasteiger charge is -2.38. The van der Waals surface area contributed by atoms with E-state index in [-0.39, 0.29) is 18.7 Å². The zero-order valence-electron chi connectivity index (χ0n) is 22.5. The van der Waals surface area contributed by atoms with Crippen LogP contribution in [0.3, 0.4) is 0 Å². The van der Waals surface area contributed by atoms with Crippen molar-refractivity contribution in [2.24, 2.45) is 0 Å². The van der Waals surface area contributed by atoms with E-state index in [9.17, 15) is 19.2 Å². The van der Waals surface area contributed by atoms with Gasteiger partial charge in [-0.05, 0) is 61.9 Å². The molecule has 10 nitrogen and oxygen atoms in total. The van der Waals surface area contributed by atoms with Crippen LogP contribution >= 0.6 is 0 Å². The first-order valence-corrected chi connectivity index (χ1v) is 13.1. The number of ether oxygens (including phenoxy) is 1. The molecule has 3 amide bonds. The van der Waals surface area contributed by atoms with Gasteiger partial charge in [0.15, 0.2) is 0 Å². The predicted octanol–water partition coefficient (Wildman–Crippen LogP) is 2.89. The topological polar surface area (TPSA) is 112 Å². The number of hydrogen-bond acceptors (Lipinski definition) is 7. The molecule has 0 saturated carbocycles. The van der Waals surface area contributed by atoms with Crippen LogP contribution in [-0.2, 0) is 25.7 Å². The van der Waals surface area contributed by atoms with Crippen molar-refractivity contribution in [2.45, 2.75) is 25.9 Å². The third-order valence-corrected chi connectivity index (χ3v) is 7.27. The van der Waals surface area contributed by atoms with E-state index < -0.39 is 29.0 Å². The van der Waals surface area contributed by atoms with Gasteiger partial charge >= 0.3 is 0 Å². The van der Waals surface area contributed by atoms with E-state index in [0.29, 0.717) is 24.6 Å². The minimum atomic E-state index is -1.32. The van der Waals surface area contributed by atoms with E-state index in [1.165, 1.54) is 9.80 Å². The molecule has 10 heteroatoms. The lowest BCUT2D eigenvalue weighted by atomic mass is 9.99. The van der Waals surface area contributed by atoms with Crippen LogP contribution in [0.25, 0.3) is 0 Å². The monoisotopic (exact) mass is 541 g/mol. The highest BCUT2D eigenvalue weighted by atomic mass is 16.5. The Morgan fingerprint density at radius 1 is 1.00 bits per heavy atom. The summed E-state index contributed by atoms with van der Waals surface area (Å²) in [6.07, 6.45) is 3.25. The molecule has 0 aliphatic carbocycles. The second-order valence-electron chi connectivity index (χ2n) is 10.2. The van der Waals surface area contributed by atoms with Gasteiger partial charge in [-0.25, -0.2) is 0 Å². The summed E-state index contributed by atoms with van der Waals surface area (Å²) in [6, 6.07) is 17.7. The Bertz CT molecular complexity index is 1420. The first-order chi connectivity index (χ1) is 19.3. The number of carbonyl (C=O) groups excluding carboxylic acids is 4. The highest BCUT2D eigenvalue weighted by molar-refractivity contribution is 6.52. The number of nitrogens with zero attached hydrogens (tertiary/aromatic N) is 4. The lowest BCUT2D eigenvalue weighted by molar-refractivity contribution is -0.143. The Kier molecular flexibility index (Phi) is 7.61. The van der Waals surface area contributed by atoms with E-state index in [2.05, 4.69) is 15.2 Å². The van der Waals surface area contributed by atoms with Crippen molar-refractivity contribution in [3.8, 4) is 0 Å². The summed E-state index contributed by atoms with van der Waals surface area (Å²) in [5.74, 6) is -2.30. The van der Waals surface area contributed by atoms with E-state index in [1.807, 2.05) is 30.3 Å². The number of rotatable bonds is 8. The summed E-state index contributed by atoms with van der Waals surface area (Å²) >= 11 is 0. The van der Waals surface area contributed by atoms with Crippen LogP contribution in [0.5, 0.6) is 0 Å². The molecule has 1 fully saturated rings. The molecule has 0 unspecified atom stereocenters. The van der Waals surface area contributed by atoms with E-state index in [4.69, 9.17) is 4.74 Å². The molecule has 2 aliphatic rings. The summed E-state index contributed by atoms with van der Waals surface area (Å²) < 4.78 is 5.42. The van der Waals surface area contributed by atoms with Gasteiger partial charge in [-0.3, -0.25) is 29.1 Å². The molecule has 2 aromatic carbocycles. The highest BCUT2D eigenvalue weighted by Gasteiger charge is 2.42. The van der Waals surface area contributed by atoms with Gasteiger partial charge in [0.25, 0.3) is 11.7 Å². The minimum absolute atomic E-state index is 0.0840. The molecule has 2 aliphatic heterocycles. The number of hydrogen-bond donors (Lipinski definition) is 1. The van der Waals surface area contributed by atoms with E-state index in [1.54, 1.807) is 56.6 Å². The van der Waals surface area contributed by atoms with Crippen LogP contribution < -0.4 is 15.1 Å². The summed E-state index contributed by atoms with van der Waals surface area (Å²) in [5.41, 5.74) is 1.68. The molecule has 1 N–H and O–H groups in total. The van der Waals surface area contributed by atoms with Gasteiger partial charge in [0.1, 0.15) is 12.1 Å². The number of carbonyl (C=O) groups is 4. The fourth-order valence-corrected chi connectivity index (χ4v) is 4.88. The van der Waals surface area contributed by atoms with Crippen molar-refractivity contribution in [2.75, 3.05) is 48.0 Å². The molecule has 0 atom stereocenters. The van der Waals surface area contributed by atoms with Gasteiger partial charge in [0.05, 0.1) is 24.5 Å². The quantitative estimate of drug-likeness (QED) is 0.437. The normalized spacial score (nSPS) is 15.2.